The Morgan fingerprint density at radius 2 is 1.67 bits per heavy atom. The number of rotatable bonds is 20. The second kappa shape index (κ2) is 17.9. The number of fused-ring (bicyclic) bond motifs is 1. The summed E-state index contributed by atoms with van der Waals surface area (Å²) in [6, 6.07) is 18.7. The molecule has 3 atom stereocenters. The number of guanidine groups is 1. The number of aliphatic carboxylic acids is 1. The first-order valence-electron chi connectivity index (χ1n) is 15.1. The molecule has 0 radical (unpaired) electrons. The lowest BCUT2D eigenvalue weighted by molar-refractivity contribution is -0.131. The van der Waals surface area contributed by atoms with Crippen LogP contribution in [-0.4, -0.2) is 52.4 Å². The molecule has 0 aliphatic carbocycles. The van der Waals surface area contributed by atoms with Gasteiger partial charge in [0.2, 0.25) is 0 Å². The van der Waals surface area contributed by atoms with Gasteiger partial charge in [0.1, 0.15) is 5.82 Å². The van der Waals surface area contributed by atoms with Crippen molar-refractivity contribution in [2.75, 3.05) is 18.5 Å². The van der Waals surface area contributed by atoms with Crippen LogP contribution in [0.3, 0.4) is 0 Å². The number of H-pyrrole nitrogens is 1. The van der Waals surface area contributed by atoms with Crippen LogP contribution in [0.5, 0.6) is 0 Å². The van der Waals surface area contributed by atoms with Crippen LogP contribution in [0.1, 0.15) is 75.7 Å². The minimum atomic E-state index is -1.04. The number of carbonyl (C=O) groups is 1. The van der Waals surface area contributed by atoms with Crippen LogP contribution in [0, 0.1) is 0 Å². The van der Waals surface area contributed by atoms with E-state index in [1.807, 2.05) is 18.3 Å². The van der Waals surface area contributed by atoms with E-state index < -0.39 is 5.97 Å². The van der Waals surface area contributed by atoms with E-state index in [9.17, 15) is 9.90 Å². The van der Waals surface area contributed by atoms with Gasteiger partial charge >= 0.3 is 5.97 Å². The molecule has 9 heteroatoms. The molecule has 3 aromatic rings. The number of nitrogens with zero attached hydrogens (tertiary/aromatic N) is 1. The molecule has 0 aliphatic heterocycles. The first kappa shape index (κ1) is 32.7. The minimum Gasteiger partial charge on any atom is -0.478 e. The zero-order valence-corrected chi connectivity index (χ0v) is 24.6. The number of carboxylic acids is 1. The van der Waals surface area contributed by atoms with Gasteiger partial charge < -0.3 is 37.7 Å². The maximum atomic E-state index is 11.7. The van der Waals surface area contributed by atoms with Crippen molar-refractivity contribution in [1.29, 1.82) is 0 Å². The number of anilines is 1. The van der Waals surface area contributed by atoms with Crippen LogP contribution in [0.15, 0.2) is 77.4 Å². The highest BCUT2D eigenvalue weighted by Crippen LogP contribution is 2.32. The fourth-order valence-electron chi connectivity index (χ4n) is 5.51. The molecule has 0 spiro atoms. The molecule has 9 nitrogen and oxygen atoms in total. The number of hydrogen-bond acceptors (Lipinski definition) is 5. The molecule has 1 aromatic heterocycles. The third kappa shape index (κ3) is 11.6. The summed E-state index contributed by atoms with van der Waals surface area (Å²) in [4.78, 5) is 19.0. The molecule has 1 heterocycles. The molecule has 0 amide bonds. The smallest absolute Gasteiger partial charge is 0.328 e. The Bertz CT molecular complexity index is 1270. The topological polar surface area (TPSA) is 176 Å². The second-order valence-corrected chi connectivity index (χ2v) is 11.1. The summed E-state index contributed by atoms with van der Waals surface area (Å²) in [5.74, 6) is -0.0455. The van der Waals surface area contributed by atoms with Gasteiger partial charge in [0.05, 0.1) is 12.6 Å². The van der Waals surface area contributed by atoms with Crippen LogP contribution in [0.25, 0.3) is 10.8 Å². The molecule has 0 bridgehead atoms. The summed E-state index contributed by atoms with van der Waals surface area (Å²) in [6.07, 6.45) is 12.6. The standard InChI is InChI=1S/C33H48N6O3/c34-29(12-3-1-2-6-20-40)13-7-11-25(27-16-15-24-9-4-5-10-26(24)21-27)17-18-30(39-31-14-8-19-37-31)28(22-32(41)42)23-38-33(35)36/h4-5,8-10,14-16,19,21-22,25,29-30,37,39-40H,1-3,6-7,11-13,17-18,20,23,34H2,(H,41,42)(H4,35,36,38)/b28-22+/t25-,29-,30-/m1/s1. The zero-order valence-electron chi connectivity index (χ0n) is 24.6. The van der Waals surface area contributed by atoms with Crippen molar-refractivity contribution < 1.29 is 15.0 Å². The predicted molar refractivity (Wildman–Crippen MR) is 173 cm³/mol. The SMILES string of the molecule is NC(N)=NC/C(=C\C(=O)O)[C@@H](CC[C@@H](CCC[C@H](N)CCCCCCO)c1ccc2ccccc2c1)Nc1ccc[nH]1. The maximum absolute atomic E-state index is 11.7. The van der Waals surface area contributed by atoms with Gasteiger partial charge in [-0.05, 0) is 78.5 Å². The average molecular weight is 577 g/mol. The summed E-state index contributed by atoms with van der Waals surface area (Å²) >= 11 is 0. The van der Waals surface area contributed by atoms with Crippen LogP contribution in [-0.2, 0) is 4.79 Å². The lowest BCUT2D eigenvalue weighted by Crippen LogP contribution is -2.28. The maximum Gasteiger partial charge on any atom is 0.328 e. The fourth-order valence-corrected chi connectivity index (χ4v) is 5.51. The van der Waals surface area contributed by atoms with Gasteiger partial charge in [-0.2, -0.15) is 0 Å². The normalized spacial score (nSPS) is 13.9. The van der Waals surface area contributed by atoms with E-state index in [-0.39, 0.29) is 37.1 Å². The van der Waals surface area contributed by atoms with E-state index in [0.717, 1.165) is 63.6 Å². The third-order valence-corrected chi connectivity index (χ3v) is 7.79. The van der Waals surface area contributed by atoms with Crippen molar-refractivity contribution in [2.24, 2.45) is 22.2 Å². The van der Waals surface area contributed by atoms with Crippen LogP contribution in [0.4, 0.5) is 5.82 Å². The highest BCUT2D eigenvalue weighted by Gasteiger charge is 2.21. The van der Waals surface area contributed by atoms with Crippen molar-refractivity contribution in [3.63, 3.8) is 0 Å². The van der Waals surface area contributed by atoms with Gasteiger partial charge in [-0.3, -0.25) is 0 Å². The number of nitrogens with one attached hydrogen (secondary N) is 2. The van der Waals surface area contributed by atoms with Gasteiger partial charge in [0.15, 0.2) is 5.96 Å². The summed E-state index contributed by atoms with van der Waals surface area (Å²) in [5, 5.41) is 24.5. The quantitative estimate of drug-likeness (QED) is 0.0416. The summed E-state index contributed by atoms with van der Waals surface area (Å²) in [7, 11) is 0. The lowest BCUT2D eigenvalue weighted by Gasteiger charge is -2.25. The molecular formula is C33H48N6O3. The highest BCUT2D eigenvalue weighted by molar-refractivity contribution is 5.83. The average Bonchev–Trinajstić information content (AvgIpc) is 3.49. The Hall–Kier alpha value is -3.82. The molecule has 2 aromatic carbocycles. The highest BCUT2D eigenvalue weighted by atomic mass is 16.4. The van der Waals surface area contributed by atoms with E-state index >= 15 is 0 Å². The molecule has 0 saturated heterocycles. The third-order valence-electron chi connectivity index (χ3n) is 7.79. The van der Waals surface area contributed by atoms with Gasteiger partial charge in [-0.25, -0.2) is 9.79 Å². The first-order valence-corrected chi connectivity index (χ1v) is 15.1. The second-order valence-electron chi connectivity index (χ2n) is 11.1. The van der Waals surface area contributed by atoms with Crippen LogP contribution in [0.2, 0.25) is 0 Å². The van der Waals surface area contributed by atoms with Gasteiger partial charge in [-0.15, -0.1) is 0 Å². The number of carboxylic acid groups (broad SMARTS) is 1. The minimum absolute atomic E-state index is 0.0799. The van der Waals surface area contributed by atoms with Crippen LogP contribution >= 0.6 is 0 Å². The Morgan fingerprint density at radius 3 is 2.38 bits per heavy atom. The van der Waals surface area contributed by atoms with Gasteiger partial charge in [0, 0.05) is 24.9 Å². The summed E-state index contributed by atoms with van der Waals surface area (Å²) in [6.45, 7) is 0.353. The van der Waals surface area contributed by atoms with Gasteiger partial charge in [-0.1, -0.05) is 68.1 Å². The summed E-state index contributed by atoms with van der Waals surface area (Å²) in [5.41, 5.74) is 19.5. The molecule has 3 rings (SSSR count). The van der Waals surface area contributed by atoms with E-state index in [2.05, 4.69) is 57.8 Å². The van der Waals surface area contributed by atoms with Crippen molar-refractivity contribution in [3.8, 4) is 0 Å². The van der Waals surface area contributed by atoms with Gasteiger partial charge in [0.25, 0.3) is 0 Å². The number of hydrogen-bond donors (Lipinski definition) is 7. The van der Waals surface area contributed by atoms with Crippen LogP contribution < -0.4 is 22.5 Å². The number of benzene rings is 2. The lowest BCUT2D eigenvalue weighted by atomic mass is 9.85. The predicted octanol–water partition coefficient (Wildman–Crippen LogP) is 5.24. The van der Waals surface area contributed by atoms with E-state index in [4.69, 9.17) is 22.3 Å². The molecule has 228 valence electrons. The number of aliphatic hydroxyl groups excluding tert-OH is 1. The van der Waals surface area contributed by atoms with Crippen molar-refractivity contribution >= 4 is 28.5 Å². The molecule has 0 saturated carbocycles. The Balaban J connectivity index is 1.76. The summed E-state index contributed by atoms with van der Waals surface area (Å²) < 4.78 is 0. The monoisotopic (exact) mass is 576 g/mol. The zero-order chi connectivity index (χ0) is 30.2. The number of aliphatic imine (C=N–C) groups is 1. The largest absolute Gasteiger partial charge is 0.478 e. The van der Waals surface area contributed by atoms with Crippen molar-refractivity contribution in [3.05, 3.63) is 78.0 Å². The molecule has 0 unspecified atom stereocenters. The Kier molecular flexibility index (Phi) is 13.9. The molecular weight excluding hydrogens is 528 g/mol. The molecule has 42 heavy (non-hydrogen) atoms. The van der Waals surface area contributed by atoms with Crippen molar-refractivity contribution in [2.45, 2.75) is 82.2 Å². The molecule has 0 fully saturated rings. The number of aliphatic hydroxyl groups is 1. The number of nitrogens with two attached hydrogens (primary N) is 3. The fraction of sp³-hybridized carbons (Fsp3) is 0.455. The van der Waals surface area contributed by atoms with E-state index in [1.165, 1.54) is 22.4 Å². The van der Waals surface area contributed by atoms with E-state index in [1.54, 1.807) is 0 Å². The number of aromatic amines is 1. The Morgan fingerprint density at radius 1 is 0.905 bits per heavy atom. The number of unbranched alkanes of at least 4 members (excludes halogenated alkanes) is 3. The number of aromatic nitrogens is 1. The molecule has 10 N–H and O–H groups in total. The van der Waals surface area contributed by atoms with E-state index in [0.29, 0.717) is 12.0 Å². The first-order chi connectivity index (χ1) is 20.4. The Labute approximate surface area is 249 Å². The molecule has 0 aliphatic rings. The van der Waals surface area contributed by atoms with Crippen molar-refractivity contribution in [1.82, 2.24) is 4.98 Å².